The van der Waals surface area contributed by atoms with Gasteiger partial charge >= 0.3 is 0 Å². The van der Waals surface area contributed by atoms with E-state index in [0.717, 1.165) is 17.6 Å². The molecule has 0 amide bonds. The van der Waals surface area contributed by atoms with Gasteiger partial charge in [-0.25, -0.2) is 0 Å². The fourth-order valence-electron chi connectivity index (χ4n) is 2.51. The highest BCUT2D eigenvalue weighted by molar-refractivity contribution is 9.10. The van der Waals surface area contributed by atoms with E-state index in [-0.39, 0.29) is 0 Å². The summed E-state index contributed by atoms with van der Waals surface area (Å²) >= 11 is 3.51. The third-order valence-corrected chi connectivity index (χ3v) is 3.94. The molecule has 94 valence electrons. The Kier molecular flexibility index (Phi) is 5.01. The van der Waals surface area contributed by atoms with Crippen molar-refractivity contribution >= 4 is 15.9 Å². The van der Waals surface area contributed by atoms with Gasteiger partial charge in [-0.2, -0.15) is 0 Å². The molecule has 1 atom stereocenters. The normalized spacial score (nSPS) is 19.2. The monoisotopic (exact) mass is 296 g/mol. The molecule has 1 heterocycles. The van der Waals surface area contributed by atoms with Crippen LogP contribution in [0.3, 0.4) is 0 Å². The van der Waals surface area contributed by atoms with Gasteiger partial charge in [0.05, 0.1) is 0 Å². The molecule has 1 saturated heterocycles. The summed E-state index contributed by atoms with van der Waals surface area (Å²) in [5.41, 5.74) is 1.46. The highest BCUT2D eigenvalue weighted by atomic mass is 79.9. The topological polar surface area (TPSA) is 15.3 Å². The average Bonchev–Trinajstić information content (AvgIpc) is 2.38. The minimum Gasteiger partial charge on any atom is -0.314 e. The van der Waals surface area contributed by atoms with E-state index in [4.69, 9.17) is 0 Å². The van der Waals surface area contributed by atoms with Gasteiger partial charge < -0.3 is 5.32 Å². The van der Waals surface area contributed by atoms with E-state index in [1.807, 2.05) is 0 Å². The first-order chi connectivity index (χ1) is 8.31. The van der Waals surface area contributed by atoms with Gasteiger partial charge in [-0.05, 0) is 24.1 Å². The van der Waals surface area contributed by atoms with Crippen LogP contribution in [0.1, 0.15) is 31.4 Å². The van der Waals surface area contributed by atoms with E-state index >= 15 is 0 Å². The molecule has 2 rings (SSSR count). The minimum absolute atomic E-state index is 0.593. The van der Waals surface area contributed by atoms with E-state index in [1.165, 1.54) is 31.5 Å². The number of hydrogen-bond acceptors (Lipinski definition) is 2. The van der Waals surface area contributed by atoms with Gasteiger partial charge in [0.1, 0.15) is 0 Å². The summed E-state index contributed by atoms with van der Waals surface area (Å²) in [5, 5.41) is 3.42. The average molecular weight is 297 g/mol. The summed E-state index contributed by atoms with van der Waals surface area (Å²) in [6.45, 7) is 6.85. The Labute approximate surface area is 113 Å². The molecule has 0 bridgehead atoms. The molecule has 1 aromatic carbocycles. The lowest BCUT2D eigenvalue weighted by atomic mass is 10.00. The largest absolute Gasteiger partial charge is 0.314 e. The first-order valence-corrected chi connectivity index (χ1v) is 7.31. The van der Waals surface area contributed by atoms with E-state index < -0.39 is 0 Å². The van der Waals surface area contributed by atoms with Crippen LogP contribution in [0.5, 0.6) is 0 Å². The summed E-state index contributed by atoms with van der Waals surface area (Å²) in [5.74, 6) is 0. The van der Waals surface area contributed by atoms with E-state index in [1.54, 1.807) is 0 Å². The lowest BCUT2D eigenvalue weighted by molar-refractivity contribution is 0.164. The lowest BCUT2D eigenvalue weighted by Gasteiger charge is -2.35. The SMILES string of the molecule is CCC[C@H](c1ccc(Br)cc1)N1CCNCC1. The summed E-state index contributed by atoms with van der Waals surface area (Å²) < 4.78 is 1.16. The minimum atomic E-state index is 0.593. The third-order valence-electron chi connectivity index (χ3n) is 3.41. The fourth-order valence-corrected chi connectivity index (χ4v) is 2.78. The van der Waals surface area contributed by atoms with Gasteiger partial charge in [0.25, 0.3) is 0 Å². The number of hydrogen-bond donors (Lipinski definition) is 1. The molecule has 0 unspecified atom stereocenters. The van der Waals surface area contributed by atoms with E-state index in [2.05, 4.69) is 57.3 Å². The van der Waals surface area contributed by atoms with Crippen LogP contribution in [0, 0.1) is 0 Å². The number of piperazine rings is 1. The third kappa shape index (κ3) is 3.54. The second kappa shape index (κ2) is 6.53. The number of halogens is 1. The molecule has 0 aromatic heterocycles. The van der Waals surface area contributed by atoms with Crippen LogP contribution in [-0.4, -0.2) is 31.1 Å². The van der Waals surface area contributed by atoms with Gasteiger partial charge in [0.15, 0.2) is 0 Å². The van der Waals surface area contributed by atoms with Crippen molar-refractivity contribution in [2.24, 2.45) is 0 Å². The molecule has 1 fully saturated rings. The Morgan fingerprint density at radius 3 is 2.47 bits per heavy atom. The van der Waals surface area contributed by atoms with Crippen molar-refractivity contribution in [3.63, 3.8) is 0 Å². The second-order valence-corrected chi connectivity index (χ2v) is 5.56. The molecule has 1 aliphatic heterocycles. The summed E-state index contributed by atoms with van der Waals surface area (Å²) in [7, 11) is 0. The smallest absolute Gasteiger partial charge is 0.0349 e. The molecule has 17 heavy (non-hydrogen) atoms. The maximum Gasteiger partial charge on any atom is 0.0349 e. The second-order valence-electron chi connectivity index (χ2n) is 4.64. The number of rotatable bonds is 4. The number of nitrogens with one attached hydrogen (secondary N) is 1. The highest BCUT2D eigenvalue weighted by Gasteiger charge is 2.20. The zero-order valence-electron chi connectivity index (χ0n) is 10.5. The van der Waals surface area contributed by atoms with Crippen molar-refractivity contribution < 1.29 is 0 Å². The Morgan fingerprint density at radius 1 is 1.24 bits per heavy atom. The Morgan fingerprint density at radius 2 is 1.88 bits per heavy atom. The predicted molar refractivity (Wildman–Crippen MR) is 76.2 cm³/mol. The molecule has 1 aliphatic rings. The fraction of sp³-hybridized carbons (Fsp3) is 0.571. The van der Waals surface area contributed by atoms with Crippen LogP contribution in [0.25, 0.3) is 0 Å². The van der Waals surface area contributed by atoms with Crippen molar-refractivity contribution in [1.82, 2.24) is 10.2 Å². The summed E-state index contributed by atoms with van der Waals surface area (Å²) in [6, 6.07) is 9.41. The standard InChI is InChI=1S/C14H21BrN2/c1-2-3-14(17-10-8-16-9-11-17)12-4-6-13(15)7-5-12/h4-7,14,16H,2-3,8-11H2,1H3/t14-/m1/s1. The molecule has 0 radical (unpaired) electrons. The van der Waals surface area contributed by atoms with Crippen LogP contribution >= 0.6 is 15.9 Å². The zero-order chi connectivity index (χ0) is 12.1. The molecule has 2 nitrogen and oxygen atoms in total. The molecule has 0 spiro atoms. The summed E-state index contributed by atoms with van der Waals surface area (Å²) in [4.78, 5) is 2.61. The Bertz CT molecular complexity index is 331. The molecule has 3 heteroatoms. The first kappa shape index (κ1) is 13.1. The highest BCUT2D eigenvalue weighted by Crippen LogP contribution is 2.27. The molecule has 0 aliphatic carbocycles. The maximum absolute atomic E-state index is 3.51. The Balaban J connectivity index is 2.12. The van der Waals surface area contributed by atoms with Crippen molar-refractivity contribution in [2.45, 2.75) is 25.8 Å². The van der Waals surface area contributed by atoms with Crippen LogP contribution in [-0.2, 0) is 0 Å². The van der Waals surface area contributed by atoms with Crippen LogP contribution in [0.4, 0.5) is 0 Å². The van der Waals surface area contributed by atoms with Crippen molar-refractivity contribution in [2.75, 3.05) is 26.2 Å². The zero-order valence-corrected chi connectivity index (χ0v) is 12.0. The molecular weight excluding hydrogens is 276 g/mol. The van der Waals surface area contributed by atoms with E-state index in [0.29, 0.717) is 6.04 Å². The summed E-state index contributed by atoms with van der Waals surface area (Å²) in [6.07, 6.45) is 2.49. The van der Waals surface area contributed by atoms with Crippen LogP contribution in [0.2, 0.25) is 0 Å². The number of benzene rings is 1. The van der Waals surface area contributed by atoms with Crippen molar-refractivity contribution in [3.8, 4) is 0 Å². The molecule has 1 aromatic rings. The van der Waals surface area contributed by atoms with Crippen LogP contribution in [0.15, 0.2) is 28.7 Å². The van der Waals surface area contributed by atoms with Gasteiger partial charge in [-0.1, -0.05) is 41.4 Å². The molecule has 1 N–H and O–H groups in total. The van der Waals surface area contributed by atoms with E-state index in [9.17, 15) is 0 Å². The van der Waals surface area contributed by atoms with Gasteiger partial charge in [-0.15, -0.1) is 0 Å². The molecule has 0 saturated carbocycles. The lowest BCUT2D eigenvalue weighted by Crippen LogP contribution is -2.45. The predicted octanol–water partition coefficient (Wildman–Crippen LogP) is 3.20. The van der Waals surface area contributed by atoms with Crippen molar-refractivity contribution in [3.05, 3.63) is 34.3 Å². The quantitative estimate of drug-likeness (QED) is 0.918. The molecular formula is C14H21BrN2. The van der Waals surface area contributed by atoms with Crippen molar-refractivity contribution in [1.29, 1.82) is 0 Å². The van der Waals surface area contributed by atoms with Gasteiger partial charge in [0, 0.05) is 36.7 Å². The first-order valence-electron chi connectivity index (χ1n) is 6.51. The van der Waals surface area contributed by atoms with Gasteiger partial charge in [0.2, 0.25) is 0 Å². The Hall–Kier alpha value is -0.380. The maximum atomic E-state index is 3.51. The van der Waals surface area contributed by atoms with Gasteiger partial charge in [-0.3, -0.25) is 4.90 Å². The van der Waals surface area contributed by atoms with Crippen LogP contribution < -0.4 is 5.32 Å². The number of nitrogens with zero attached hydrogens (tertiary/aromatic N) is 1.